The molecular weight excluding hydrogens is 324 g/mol. The number of rotatable bonds is 7. The molecule has 0 bridgehead atoms. The minimum Gasteiger partial charge on any atom is -0.383 e. The van der Waals surface area contributed by atoms with Crippen LogP contribution in [0.1, 0.15) is 12.8 Å². The third kappa shape index (κ3) is 4.09. The molecule has 0 spiro atoms. The molecule has 20 heavy (non-hydrogen) atoms. The number of ether oxygens (including phenoxy) is 1. The molecule has 108 valence electrons. The third-order valence-corrected chi connectivity index (χ3v) is 3.18. The van der Waals surface area contributed by atoms with E-state index in [9.17, 15) is 0 Å². The maximum absolute atomic E-state index is 5.26. The maximum Gasteiger partial charge on any atom is 0.228 e. The molecule has 0 aliphatic heterocycles. The summed E-state index contributed by atoms with van der Waals surface area (Å²) in [5.74, 6) is 1.08. The fraction of sp³-hybridized carbons (Fsp3) is 0.462. The molecule has 0 amide bonds. The molecular formula is C13H17BrN4O2. The van der Waals surface area contributed by atoms with Crippen molar-refractivity contribution in [2.45, 2.75) is 19.4 Å². The number of hydrogen-bond donors (Lipinski definition) is 1. The lowest BCUT2D eigenvalue weighted by Crippen LogP contribution is -2.35. The first-order chi connectivity index (χ1) is 9.72. The highest BCUT2D eigenvalue weighted by molar-refractivity contribution is 9.10. The predicted molar refractivity (Wildman–Crippen MR) is 78.3 cm³/mol. The van der Waals surface area contributed by atoms with Crippen LogP contribution >= 0.6 is 15.9 Å². The van der Waals surface area contributed by atoms with Gasteiger partial charge in [0.05, 0.1) is 6.61 Å². The Kier molecular flexibility index (Phi) is 5.63. The Hall–Kier alpha value is -1.31. The van der Waals surface area contributed by atoms with E-state index in [1.165, 1.54) is 0 Å². The van der Waals surface area contributed by atoms with Crippen LogP contribution in [0.3, 0.4) is 0 Å². The van der Waals surface area contributed by atoms with Crippen molar-refractivity contribution in [1.82, 2.24) is 20.4 Å². The van der Waals surface area contributed by atoms with Crippen LogP contribution < -0.4 is 5.32 Å². The summed E-state index contributed by atoms with van der Waals surface area (Å²) in [7, 11) is 1.68. The van der Waals surface area contributed by atoms with Crippen molar-refractivity contribution in [3.8, 4) is 11.5 Å². The van der Waals surface area contributed by atoms with Gasteiger partial charge in [0.2, 0.25) is 11.7 Å². The topological polar surface area (TPSA) is 73.1 Å². The van der Waals surface area contributed by atoms with Crippen LogP contribution in [0.25, 0.3) is 11.5 Å². The van der Waals surface area contributed by atoms with Gasteiger partial charge in [0.1, 0.15) is 5.69 Å². The quantitative estimate of drug-likeness (QED) is 0.831. The molecule has 0 radical (unpaired) electrons. The minimum atomic E-state index is 0.163. The first-order valence-corrected chi connectivity index (χ1v) is 7.19. The first-order valence-electron chi connectivity index (χ1n) is 6.39. The Morgan fingerprint density at radius 3 is 2.95 bits per heavy atom. The van der Waals surface area contributed by atoms with Crippen molar-refractivity contribution < 1.29 is 9.26 Å². The van der Waals surface area contributed by atoms with E-state index in [1.54, 1.807) is 13.3 Å². The van der Waals surface area contributed by atoms with Gasteiger partial charge in [0.25, 0.3) is 0 Å². The second kappa shape index (κ2) is 7.47. The smallest absolute Gasteiger partial charge is 0.228 e. The number of methoxy groups -OCH3 is 1. The second-order valence-corrected chi connectivity index (χ2v) is 5.20. The maximum atomic E-state index is 5.26. The zero-order valence-corrected chi connectivity index (χ0v) is 13.1. The van der Waals surface area contributed by atoms with Gasteiger partial charge in [0.15, 0.2) is 0 Å². The summed E-state index contributed by atoms with van der Waals surface area (Å²) in [4.78, 5) is 8.60. The van der Waals surface area contributed by atoms with E-state index in [1.807, 2.05) is 19.1 Å². The van der Waals surface area contributed by atoms with E-state index in [0.29, 0.717) is 30.4 Å². The Bertz CT molecular complexity index is 523. The molecule has 2 aromatic heterocycles. The van der Waals surface area contributed by atoms with Crippen LogP contribution in [0.5, 0.6) is 0 Å². The van der Waals surface area contributed by atoms with Crippen LogP contribution in [-0.4, -0.2) is 41.4 Å². The van der Waals surface area contributed by atoms with E-state index in [2.05, 4.69) is 36.4 Å². The van der Waals surface area contributed by atoms with Gasteiger partial charge in [-0.2, -0.15) is 4.98 Å². The van der Waals surface area contributed by atoms with Crippen molar-refractivity contribution in [3.63, 3.8) is 0 Å². The number of aromatic nitrogens is 3. The Labute approximate surface area is 126 Å². The highest BCUT2D eigenvalue weighted by Crippen LogP contribution is 2.16. The third-order valence-electron chi connectivity index (χ3n) is 2.71. The van der Waals surface area contributed by atoms with Crippen LogP contribution in [0.15, 0.2) is 27.3 Å². The van der Waals surface area contributed by atoms with Crippen molar-refractivity contribution >= 4 is 15.9 Å². The number of pyridine rings is 1. The summed E-state index contributed by atoms with van der Waals surface area (Å²) in [6, 6.07) is 3.90. The summed E-state index contributed by atoms with van der Waals surface area (Å²) >= 11 is 3.34. The lowest BCUT2D eigenvalue weighted by molar-refractivity contribution is 0.162. The van der Waals surface area contributed by atoms with Crippen molar-refractivity contribution in [2.75, 3.05) is 20.3 Å². The highest BCUT2D eigenvalue weighted by atomic mass is 79.9. The average Bonchev–Trinajstić information content (AvgIpc) is 2.89. The number of nitrogens with one attached hydrogen (secondary N) is 1. The summed E-state index contributed by atoms with van der Waals surface area (Å²) in [5.41, 5.74) is 0.690. The molecule has 0 aliphatic carbocycles. The molecule has 0 saturated carbocycles. The van der Waals surface area contributed by atoms with E-state index in [0.717, 1.165) is 11.0 Å². The summed E-state index contributed by atoms with van der Waals surface area (Å²) in [6.45, 7) is 3.51. The standard InChI is InChI=1S/C13H17BrN4O2/c1-3-15-10(8-19-2)6-12-17-13(18-20-12)11-5-4-9(14)7-16-11/h4-5,7,10,15H,3,6,8H2,1-2H3. The van der Waals surface area contributed by atoms with E-state index in [4.69, 9.17) is 9.26 Å². The lowest BCUT2D eigenvalue weighted by Gasteiger charge is -2.14. The molecule has 6 nitrogen and oxygen atoms in total. The fourth-order valence-corrected chi connectivity index (χ4v) is 2.08. The molecule has 0 aromatic carbocycles. The summed E-state index contributed by atoms with van der Waals surface area (Å²) in [6.07, 6.45) is 2.34. The Morgan fingerprint density at radius 2 is 2.30 bits per heavy atom. The molecule has 1 atom stereocenters. The minimum absolute atomic E-state index is 0.163. The zero-order chi connectivity index (χ0) is 14.4. The summed E-state index contributed by atoms with van der Waals surface area (Å²) in [5, 5.41) is 7.27. The molecule has 1 N–H and O–H groups in total. The normalized spacial score (nSPS) is 12.6. The number of halogens is 1. The molecule has 7 heteroatoms. The fourth-order valence-electron chi connectivity index (χ4n) is 1.84. The molecule has 0 saturated heterocycles. The number of likely N-dealkylation sites (N-methyl/N-ethyl adjacent to an activating group) is 1. The van der Waals surface area contributed by atoms with Gasteiger partial charge in [-0.1, -0.05) is 12.1 Å². The van der Waals surface area contributed by atoms with E-state index >= 15 is 0 Å². The van der Waals surface area contributed by atoms with Gasteiger partial charge in [-0.3, -0.25) is 4.98 Å². The number of hydrogen-bond acceptors (Lipinski definition) is 6. The largest absolute Gasteiger partial charge is 0.383 e. The molecule has 2 heterocycles. The van der Waals surface area contributed by atoms with Crippen LogP contribution in [0, 0.1) is 0 Å². The van der Waals surface area contributed by atoms with Crippen LogP contribution in [-0.2, 0) is 11.2 Å². The molecule has 2 rings (SSSR count). The van der Waals surface area contributed by atoms with E-state index < -0.39 is 0 Å². The van der Waals surface area contributed by atoms with Gasteiger partial charge >= 0.3 is 0 Å². The van der Waals surface area contributed by atoms with Crippen molar-refractivity contribution in [3.05, 3.63) is 28.7 Å². The highest BCUT2D eigenvalue weighted by Gasteiger charge is 2.15. The van der Waals surface area contributed by atoms with Gasteiger partial charge in [0, 0.05) is 30.2 Å². The molecule has 1 unspecified atom stereocenters. The molecule has 0 fully saturated rings. The SMILES string of the molecule is CCNC(COC)Cc1nc(-c2ccc(Br)cn2)no1. The van der Waals surface area contributed by atoms with Gasteiger partial charge in [-0.05, 0) is 34.6 Å². The van der Waals surface area contributed by atoms with Crippen LogP contribution in [0.4, 0.5) is 0 Å². The second-order valence-electron chi connectivity index (χ2n) is 4.29. The van der Waals surface area contributed by atoms with Crippen molar-refractivity contribution in [1.29, 1.82) is 0 Å². The molecule has 2 aromatic rings. The predicted octanol–water partition coefficient (Wildman–Crippen LogP) is 2.06. The van der Waals surface area contributed by atoms with E-state index in [-0.39, 0.29) is 6.04 Å². The average molecular weight is 341 g/mol. The van der Waals surface area contributed by atoms with Gasteiger partial charge in [-0.25, -0.2) is 0 Å². The van der Waals surface area contributed by atoms with Crippen LogP contribution in [0.2, 0.25) is 0 Å². The monoisotopic (exact) mass is 340 g/mol. The summed E-state index contributed by atoms with van der Waals surface area (Å²) < 4.78 is 11.3. The molecule has 0 aliphatic rings. The Morgan fingerprint density at radius 1 is 1.45 bits per heavy atom. The Balaban J connectivity index is 2.06. The zero-order valence-electron chi connectivity index (χ0n) is 11.5. The van der Waals surface area contributed by atoms with Gasteiger partial charge in [-0.15, -0.1) is 0 Å². The number of nitrogens with zero attached hydrogens (tertiary/aromatic N) is 3. The van der Waals surface area contributed by atoms with Gasteiger partial charge < -0.3 is 14.6 Å². The first kappa shape index (κ1) is 15.1. The lowest BCUT2D eigenvalue weighted by atomic mass is 10.2. The van der Waals surface area contributed by atoms with Crippen molar-refractivity contribution in [2.24, 2.45) is 0 Å².